The Morgan fingerprint density at radius 1 is 1.32 bits per heavy atom. The minimum absolute atomic E-state index is 0.166. The van der Waals surface area contributed by atoms with Crippen molar-refractivity contribution in [2.75, 3.05) is 5.32 Å². The van der Waals surface area contributed by atoms with Gasteiger partial charge in [-0.25, -0.2) is 9.97 Å². The zero-order valence-electron chi connectivity index (χ0n) is 10.2. The van der Waals surface area contributed by atoms with Crippen molar-refractivity contribution in [3.63, 3.8) is 0 Å². The lowest BCUT2D eigenvalue weighted by Crippen LogP contribution is -2.39. The molecule has 0 bridgehead atoms. The summed E-state index contributed by atoms with van der Waals surface area (Å²) in [6.07, 6.45) is 8.52. The van der Waals surface area contributed by atoms with Crippen molar-refractivity contribution in [3.05, 3.63) is 30.9 Å². The Kier molecular flexibility index (Phi) is 2.91. The molecule has 6 nitrogen and oxygen atoms in total. The summed E-state index contributed by atoms with van der Waals surface area (Å²) in [5.41, 5.74) is 1.99. The average Bonchev–Trinajstić information content (AvgIpc) is 2.87. The van der Waals surface area contributed by atoms with Gasteiger partial charge in [-0.1, -0.05) is 0 Å². The maximum atomic E-state index is 10.7. The molecule has 0 unspecified atom stereocenters. The van der Waals surface area contributed by atoms with Crippen LogP contribution in [0.25, 0.3) is 11.1 Å². The number of nitrogens with one attached hydrogen (secondary N) is 2. The SMILES string of the molecule is O=C(O)C1CC(Nc2ncc(-c3cc[nH]c3)cn2)C1. The molecule has 19 heavy (non-hydrogen) atoms. The van der Waals surface area contributed by atoms with E-state index in [1.165, 1.54) is 0 Å². The van der Waals surface area contributed by atoms with E-state index >= 15 is 0 Å². The molecule has 2 aromatic rings. The molecule has 2 heterocycles. The van der Waals surface area contributed by atoms with Gasteiger partial charge in [0.15, 0.2) is 0 Å². The molecule has 0 amide bonds. The first-order valence-electron chi connectivity index (χ1n) is 6.17. The topological polar surface area (TPSA) is 90.9 Å². The van der Waals surface area contributed by atoms with E-state index < -0.39 is 5.97 Å². The zero-order chi connectivity index (χ0) is 13.2. The zero-order valence-corrected chi connectivity index (χ0v) is 10.2. The van der Waals surface area contributed by atoms with Gasteiger partial charge in [0.05, 0.1) is 5.92 Å². The number of aromatic amines is 1. The number of anilines is 1. The highest BCUT2D eigenvalue weighted by molar-refractivity contribution is 5.71. The number of aromatic nitrogens is 3. The molecule has 2 aromatic heterocycles. The maximum absolute atomic E-state index is 10.7. The summed E-state index contributed by atoms with van der Waals surface area (Å²) in [4.78, 5) is 22.2. The standard InChI is InChI=1S/C13H14N4O2/c18-12(19)9-3-11(4-9)17-13-15-6-10(7-16-13)8-1-2-14-5-8/h1-2,5-7,9,11,14H,3-4H2,(H,18,19)(H,15,16,17). The number of hydrogen-bond acceptors (Lipinski definition) is 4. The number of carboxylic acids is 1. The van der Waals surface area contributed by atoms with E-state index in [-0.39, 0.29) is 12.0 Å². The van der Waals surface area contributed by atoms with Crippen molar-refractivity contribution in [1.82, 2.24) is 15.0 Å². The summed E-state index contributed by atoms with van der Waals surface area (Å²) in [5.74, 6) is -0.397. The molecule has 0 atom stereocenters. The van der Waals surface area contributed by atoms with Crippen LogP contribution in [0.4, 0.5) is 5.95 Å². The van der Waals surface area contributed by atoms with Crippen LogP contribution < -0.4 is 5.32 Å². The van der Waals surface area contributed by atoms with E-state index in [4.69, 9.17) is 5.11 Å². The van der Waals surface area contributed by atoms with Crippen LogP contribution in [0.2, 0.25) is 0 Å². The van der Waals surface area contributed by atoms with Crippen molar-refractivity contribution in [2.24, 2.45) is 5.92 Å². The van der Waals surface area contributed by atoms with Crippen molar-refractivity contribution in [3.8, 4) is 11.1 Å². The normalized spacial score (nSPS) is 21.7. The smallest absolute Gasteiger partial charge is 0.306 e. The molecule has 3 rings (SSSR count). The quantitative estimate of drug-likeness (QED) is 0.777. The highest BCUT2D eigenvalue weighted by Gasteiger charge is 2.34. The van der Waals surface area contributed by atoms with Crippen molar-refractivity contribution < 1.29 is 9.90 Å². The molecular weight excluding hydrogens is 244 g/mol. The Hall–Kier alpha value is -2.37. The Morgan fingerprint density at radius 3 is 2.63 bits per heavy atom. The molecule has 98 valence electrons. The van der Waals surface area contributed by atoms with Crippen LogP contribution in [-0.2, 0) is 4.79 Å². The lowest BCUT2D eigenvalue weighted by molar-refractivity contribution is -0.144. The molecule has 1 aliphatic carbocycles. The fourth-order valence-electron chi connectivity index (χ4n) is 2.18. The Balaban J connectivity index is 1.60. The average molecular weight is 258 g/mol. The van der Waals surface area contributed by atoms with E-state index in [9.17, 15) is 4.79 Å². The molecule has 0 aromatic carbocycles. The number of nitrogens with zero attached hydrogens (tertiary/aromatic N) is 2. The summed E-state index contributed by atoms with van der Waals surface area (Å²) in [6, 6.07) is 2.12. The van der Waals surface area contributed by atoms with Gasteiger partial charge >= 0.3 is 5.97 Å². The number of aliphatic carboxylic acids is 1. The van der Waals surface area contributed by atoms with Gasteiger partial charge in [0.1, 0.15) is 0 Å². The van der Waals surface area contributed by atoms with E-state index in [1.54, 1.807) is 12.4 Å². The molecule has 1 aliphatic rings. The molecule has 1 saturated carbocycles. The number of carboxylic acid groups (broad SMARTS) is 1. The van der Waals surface area contributed by atoms with E-state index in [0.717, 1.165) is 11.1 Å². The maximum Gasteiger partial charge on any atom is 0.306 e. The Labute approximate surface area is 109 Å². The number of carbonyl (C=O) groups is 1. The summed E-state index contributed by atoms with van der Waals surface area (Å²) in [7, 11) is 0. The molecule has 6 heteroatoms. The third kappa shape index (κ3) is 2.42. The van der Waals surface area contributed by atoms with Crippen LogP contribution in [0.1, 0.15) is 12.8 Å². The highest BCUT2D eigenvalue weighted by Crippen LogP contribution is 2.29. The van der Waals surface area contributed by atoms with Crippen molar-refractivity contribution in [1.29, 1.82) is 0 Å². The van der Waals surface area contributed by atoms with Gasteiger partial charge in [-0.3, -0.25) is 4.79 Å². The minimum atomic E-state index is -0.721. The van der Waals surface area contributed by atoms with E-state index in [1.807, 2.05) is 18.5 Å². The van der Waals surface area contributed by atoms with Crippen molar-refractivity contribution >= 4 is 11.9 Å². The molecule has 3 N–H and O–H groups in total. The van der Waals surface area contributed by atoms with Gasteiger partial charge in [-0.05, 0) is 18.9 Å². The number of H-pyrrole nitrogens is 1. The van der Waals surface area contributed by atoms with Gasteiger partial charge in [-0.15, -0.1) is 0 Å². The van der Waals surface area contributed by atoms with Gasteiger partial charge in [0, 0.05) is 42.0 Å². The fourth-order valence-corrected chi connectivity index (χ4v) is 2.18. The van der Waals surface area contributed by atoms with Gasteiger partial charge in [0.25, 0.3) is 0 Å². The molecule has 0 spiro atoms. The number of rotatable bonds is 4. The first-order chi connectivity index (χ1) is 9.22. The first kappa shape index (κ1) is 11.7. The van der Waals surface area contributed by atoms with Crippen LogP contribution in [0, 0.1) is 5.92 Å². The molecule has 0 aliphatic heterocycles. The van der Waals surface area contributed by atoms with E-state index in [2.05, 4.69) is 20.3 Å². The van der Waals surface area contributed by atoms with Gasteiger partial charge in [0.2, 0.25) is 5.95 Å². The molecule has 1 fully saturated rings. The second-order valence-corrected chi connectivity index (χ2v) is 4.74. The minimum Gasteiger partial charge on any atom is -0.481 e. The Bertz CT molecular complexity index is 559. The molecular formula is C13H14N4O2. The van der Waals surface area contributed by atoms with Crippen LogP contribution in [0.15, 0.2) is 30.9 Å². The second-order valence-electron chi connectivity index (χ2n) is 4.74. The first-order valence-corrected chi connectivity index (χ1v) is 6.17. The predicted molar refractivity (Wildman–Crippen MR) is 69.6 cm³/mol. The fraction of sp³-hybridized carbons (Fsp3) is 0.308. The summed E-state index contributed by atoms with van der Waals surface area (Å²) in [5, 5.41) is 11.9. The largest absolute Gasteiger partial charge is 0.481 e. The molecule has 0 radical (unpaired) electrons. The second kappa shape index (κ2) is 4.72. The summed E-state index contributed by atoms with van der Waals surface area (Å²) in [6.45, 7) is 0. The van der Waals surface area contributed by atoms with Crippen molar-refractivity contribution in [2.45, 2.75) is 18.9 Å². The van der Waals surface area contributed by atoms with Crippen LogP contribution >= 0.6 is 0 Å². The lowest BCUT2D eigenvalue weighted by Gasteiger charge is -2.32. The predicted octanol–water partition coefficient (Wildman–Crippen LogP) is 1.75. The third-order valence-corrected chi connectivity index (χ3v) is 3.40. The van der Waals surface area contributed by atoms with Crippen LogP contribution in [-0.4, -0.2) is 32.1 Å². The monoisotopic (exact) mass is 258 g/mol. The summed E-state index contributed by atoms with van der Waals surface area (Å²) >= 11 is 0. The number of hydrogen-bond donors (Lipinski definition) is 3. The van der Waals surface area contributed by atoms with Crippen LogP contribution in [0.5, 0.6) is 0 Å². The Morgan fingerprint density at radius 2 is 2.05 bits per heavy atom. The lowest BCUT2D eigenvalue weighted by atomic mass is 9.80. The van der Waals surface area contributed by atoms with E-state index in [0.29, 0.717) is 18.8 Å². The highest BCUT2D eigenvalue weighted by atomic mass is 16.4. The third-order valence-electron chi connectivity index (χ3n) is 3.40. The van der Waals surface area contributed by atoms with Gasteiger partial charge < -0.3 is 15.4 Å². The molecule has 0 saturated heterocycles. The van der Waals surface area contributed by atoms with Crippen LogP contribution in [0.3, 0.4) is 0 Å². The summed E-state index contributed by atoms with van der Waals surface area (Å²) < 4.78 is 0. The van der Waals surface area contributed by atoms with Gasteiger partial charge in [-0.2, -0.15) is 0 Å².